The molecule has 0 saturated heterocycles. The Hall–Kier alpha value is -1.91. The van der Waals surface area contributed by atoms with Crippen LogP contribution in [0.25, 0.3) is 0 Å². The van der Waals surface area contributed by atoms with Gasteiger partial charge in [0.1, 0.15) is 0 Å². The van der Waals surface area contributed by atoms with Crippen molar-refractivity contribution in [2.24, 2.45) is 5.41 Å². The average molecular weight is 278 g/mol. The van der Waals surface area contributed by atoms with Crippen LogP contribution >= 0.6 is 0 Å². The van der Waals surface area contributed by atoms with E-state index >= 15 is 0 Å². The van der Waals surface area contributed by atoms with Crippen LogP contribution in [0.4, 0.5) is 4.79 Å². The molecule has 0 aromatic heterocycles. The van der Waals surface area contributed by atoms with Crippen LogP contribution in [0.1, 0.15) is 26.3 Å². The van der Waals surface area contributed by atoms with Crippen LogP contribution in [0.5, 0.6) is 11.5 Å². The molecular formula is C15H22N2O3. The van der Waals surface area contributed by atoms with Crippen molar-refractivity contribution in [2.45, 2.75) is 27.2 Å². The zero-order valence-corrected chi connectivity index (χ0v) is 12.3. The molecule has 1 heterocycles. The van der Waals surface area contributed by atoms with E-state index in [4.69, 9.17) is 9.47 Å². The Morgan fingerprint density at radius 2 is 1.95 bits per heavy atom. The van der Waals surface area contributed by atoms with Gasteiger partial charge < -0.3 is 20.1 Å². The lowest BCUT2D eigenvalue weighted by molar-refractivity contribution is 0.174. The van der Waals surface area contributed by atoms with E-state index in [1.807, 2.05) is 18.2 Å². The monoisotopic (exact) mass is 278 g/mol. The van der Waals surface area contributed by atoms with E-state index in [2.05, 4.69) is 31.4 Å². The molecule has 0 fully saturated rings. The van der Waals surface area contributed by atoms with Crippen molar-refractivity contribution in [3.8, 4) is 11.5 Å². The smallest absolute Gasteiger partial charge is 0.314 e. The summed E-state index contributed by atoms with van der Waals surface area (Å²) in [4.78, 5) is 11.6. The number of ether oxygens (including phenoxy) is 2. The number of urea groups is 1. The van der Waals surface area contributed by atoms with Gasteiger partial charge in [-0.2, -0.15) is 0 Å². The van der Waals surface area contributed by atoms with Crippen molar-refractivity contribution in [3.63, 3.8) is 0 Å². The van der Waals surface area contributed by atoms with Crippen LogP contribution < -0.4 is 20.1 Å². The van der Waals surface area contributed by atoms with E-state index < -0.39 is 0 Å². The van der Waals surface area contributed by atoms with E-state index in [9.17, 15) is 4.79 Å². The Kier molecular flexibility index (Phi) is 4.37. The molecule has 0 unspecified atom stereocenters. The fourth-order valence-electron chi connectivity index (χ4n) is 1.82. The molecule has 2 amide bonds. The minimum absolute atomic E-state index is 0.0919. The van der Waals surface area contributed by atoms with Crippen LogP contribution in [0.2, 0.25) is 0 Å². The number of benzene rings is 1. The van der Waals surface area contributed by atoms with Gasteiger partial charge in [0.05, 0.1) is 0 Å². The quantitative estimate of drug-likeness (QED) is 0.888. The van der Waals surface area contributed by atoms with E-state index in [0.29, 0.717) is 13.1 Å². The van der Waals surface area contributed by atoms with Gasteiger partial charge in [-0.1, -0.05) is 26.8 Å². The summed E-state index contributed by atoms with van der Waals surface area (Å²) < 4.78 is 10.6. The van der Waals surface area contributed by atoms with Crippen LogP contribution in [-0.2, 0) is 6.42 Å². The molecule has 0 atom stereocenters. The second-order valence-electron chi connectivity index (χ2n) is 6.11. The molecule has 5 nitrogen and oxygen atoms in total. The molecule has 2 N–H and O–H groups in total. The van der Waals surface area contributed by atoms with E-state index in [1.54, 1.807) is 0 Å². The van der Waals surface area contributed by atoms with E-state index in [0.717, 1.165) is 23.5 Å². The maximum absolute atomic E-state index is 11.6. The van der Waals surface area contributed by atoms with Crippen molar-refractivity contribution in [3.05, 3.63) is 23.8 Å². The molecule has 2 rings (SSSR count). The lowest BCUT2D eigenvalue weighted by Gasteiger charge is -2.18. The molecule has 1 aliphatic rings. The number of rotatable bonds is 4. The van der Waals surface area contributed by atoms with Crippen molar-refractivity contribution >= 4 is 6.03 Å². The topological polar surface area (TPSA) is 59.6 Å². The summed E-state index contributed by atoms with van der Waals surface area (Å²) in [5.74, 6) is 1.56. The Balaban J connectivity index is 1.72. The molecular weight excluding hydrogens is 256 g/mol. The molecule has 1 aliphatic heterocycles. The molecule has 5 heteroatoms. The summed E-state index contributed by atoms with van der Waals surface area (Å²) in [6.07, 6.45) is 0.763. The van der Waals surface area contributed by atoms with Crippen molar-refractivity contribution in [1.29, 1.82) is 0 Å². The molecule has 0 spiro atoms. The van der Waals surface area contributed by atoms with Gasteiger partial charge in [-0.15, -0.1) is 0 Å². The molecule has 110 valence electrons. The Bertz CT molecular complexity index is 480. The van der Waals surface area contributed by atoms with Gasteiger partial charge in [0, 0.05) is 13.1 Å². The highest BCUT2D eigenvalue weighted by Gasteiger charge is 2.13. The lowest BCUT2D eigenvalue weighted by Crippen LogP contribution is -2.40. The number of amides is 2. The van der Waals surface area contributed by atoms with Crippen LogP contribution in [0.3, 0.4) is 0 Å². The van der Waals surface area contributed by atoms with Crippen LogP contribution in [0, 0.1) is 5.41 Å². The van der Waals surface area contributed by atoms with Crippen molar-refractivity contribution < 1.29 is 14.3 Å². The molecule has 1 aromatic carbocycles. The highest BCUT2D eigenvalue weighted by atomic mass is 16.7. The zero-order chi connectivity index (χ0) is 14.6. The fourth-order valence-corrected chi connectivity index (χ4v) is 1.82. The fraction of sp³-hybridized carbons (Fsp3) is 0.533. The van der Waals surface area contributed by atoms with Crippen molar-refractivity contribution in [2.75, 3.05) is 19.9 Å². The summed E-state index contributed by atoms with van der Waals surface area (Å²) >= 11 is 0. The minimum Gasteiger partial charge on any atom is -0.454 e. The molecule has 0 saturated carbocycles. The van der Waals surface area contributed by atoms with E-state index in [1.165, 1.54) is 0 Å². The zero-order valence-electron chi connectivity index (χ0n) is 12.3. The standard InChI is InChI=1S/C15H22N2O3/c1-15(2,3)9-17-14(18)16-7-6-11-4-5-12-13(8-11)20-10-19-12/h4-5,8H,6-7,9-10H2,1-3H3,(H2,16,17,18). The third-order valence-corrected chi connectivity index (χ3v) is 2.92. The molecule has 0 aliphatic carbocycles. The number of fused-ring (bicyclic) bond motifs is 1. The Labute approximate surface area is 119 Å². The van der Waals surface area contributed by atoms with E-state index in [-0.39, 0.29) is 18.2 Å². The molecule has 0 bridgehead atoms. The number of carbonyl (C=O) groups excluding carboxylic acids is 1. The summed E-state index contributed by atoms with van der Waals surface area (Å²) in [5.41, 5.74) is 1.21. The highest BCUT2D eigenvalue weighted by molar-refractivity contribution is 5.73. The van der Waals surface area contributed by atoms with Crippen molar-refractivity contribution in [1.82, 2.24) is 10.6 Å². The third kappa shape index (κ3) is 4.33. The first-order chi connectivity index (χ1) is 9.44. The molecule has 1 aromatic rings. The number of hydrogen-bond acceptors (Lipinski definition) is 3. The van der Waals surface area contributed by atoms with Gasteiger partial charge in [-0.25, -0.2) is 4.79 Å². The molecule has 20 heavy (non-hydrogen) atoms. The van der Waals surface area contributed by atoms with Gasteiger partial charge in [0.15, 0.2) is 11.5 Å². The SMILES string of the molecule is CC(C)(C)CNC(=O)NCCc1ccc2c(c1)OCO2. The van der Waals surface area contributed by atoms with Gasteiger partial charge in [-0.3, -0.25) is 0 Å². The first kappa shape index (κ1) is 14.5. The number of carbonyl (C=O) groups is 1. The van der Waals surface area contributed by atoms with Gasteiger partial charge in [0.2, 0.25) is 6.79 Å². The largest absolute Gasteiger partial charge is 0.454 e. The minimum atomic E-state index is -0.124. The van der Waals surface area contributed by atoms with Crippen LogP contribution in [-0.4, -0.2) is 25.9 Å². The summed E-state index contributed by atoms with van der Waals surface area (Å²) in [5, 5.41) is 5.71. The summed E-state index contributed by atoms with van der Waals surface area (Å²) in [6, 6.07) is 5.72. The van der Waals surface area contributed by atoms with Gasteiger partial charge >= 0.3 is 6.03 Å². The Morgan fingerprint density at radius 3 is 2.70 bits per heavy atom. The lowest BCUT2D eigenvalue weighted by atomic mass is 9.97. The summed E-state index contributed by atoms with van der Waals surface area (Å²) in [6.45, 7) is 7.78. The second kappa shape index (κ2) is 6.03. The van der Waals surface area contributed by atoms with Gasteiger partial charge in [-0.05, 0) is 29.5 Å². The first-order valence-electron chi connectivity index (χ1n) is 6.84. The second-order valence-corrected chi connectivity index (χ2v) is 6.11. The molecule has 0 radical (unpaired) electrons. The first-order valence-corrected chi connectivity index (χ1v) is 6.84. The number of nitrogens with one attached hydrogen (secondary N) is 2. The van der Waals surface area contributed by atoms with Crippen LogP contribution in [0.15, 0.2) is 18.2 Å². The maximum Gasteiger partial charge on any atom is 0.314 e. The normalized spacial score (nSPS) is 13.2. The maximum atomic E-state index is 11.6. The van der Waals surface area contributed by atoms with Gasteiger partial charge in [0.25, 0.3) is 0 Å². The predicted octanol–water partition coefficient (Wildman–Crippen LogP) is 2.30. The summed E-state index contributed by atoms with van der Waals surface area (Å²) in [7, 11) is 0. The third-order valence-electron chi connectivity index (χ3n) is 2.92. The average Bonchev–Trinajstić information content (AvgIpc) is 2.83. The predicted molar refractivity (Wildman–Crippen MR) is 77.1 cm³/mol. The number of hydrogen-bond donors (Lipinski definition) is 2. The highest BCUT2D eigenvalue weighted by Crippen LogP contribution is 2.32. The Morgan fingerprint density at radius 1 is 1.20 bits per heavy atom.